The van der Waals surface area contributed by atoms with Crippen LogP contribution in [0, 0.1) is 0 Å². The first kappa shape index (κ1) is 15.5. The van der Waals surface area contributed by atoms with Gasteiger partial charge in [0, 0.05) is 24.4 Å². The Bertz CT molecular complexity index is 511. The zero-order chi connectivity index (χ0) is 14.9. The van der Waals surface area contributed by atoms with Crippen LogP contribution in [0.5, 0.6) is 5.75 Å². The maximum absolute atomic E-state index is 5.75. The molecule has 1 aromatic carbocycles. The Morgan fingerprint density at radius 2 is 1.95 bits per heavy atom. The van der Waals surface area contributed by atoms with Crippen molar-refractivity contribution in [2.75, 3.05) is 13.7 Å². The van der Waals surface area contributed by atoms with Crippen LogP contribution in [0.15, 0.2) is 48.7 Å². The van der Waals surface area contributed by atoms with Gasteiger partial charge in [-0.25, -0.2) is 0 Å². The van der Waals surface area contributed by atoms with Crippen LogP contribution < -0.4 is 10.1 Å². The van der Waals surface area contributed by atoms with Crippen molar-refractivity contribution in [2.45, 2.75) is 32.2 Å². The van der Waals surface area contributed by atoms with E-state index >= 15 is 0 Å². The summed E-state index contributed by atoms with van der Waals surface area (Å²) in [6, 6.07) is 14.6. The van der Waals surface area contributed by atoms with Gasteiger partial charge in [-0.05, 0) is 43.7 Å². The number of nitrogens with one attached hydrogen (secondary N) is 1. The van der Waals surface area contributed by atoms with Crippen molar-refractivity contribution in [3.05, 3.63) is 59.9 Å². The minimum absolute atomic E-state index is 0.383. The first-order chi connectivity index (χ1) is 10.3. The van der Waals surface area contributed by atoms with Crippen LogP contribution in [-0.2, 0) is 12.8 Å². The Hall–Kier alpha value is -1.87. The van der Waals surface area contributed by atoms with Crippen molar-refractivity contribution in [3.8, 4) is 5.75 Å². The lowest BCUT2D eigenvalue weighted by Crippen LogP contribution is -2.29. The van der Waals surface area contributed by atoms with E-state index in [1.165, 1.54) is 5.56 Å². The predicted octanol–water partition coefficient (Wildman–Crippen LogP) is 3.24. The van der Waals surface area contributed by atoms with Crippen molar-refractivity contribution in [1.29, 1.82) is 0 Å². The van der Waals surface area contributed by atoms with Gasteiger partial charge in [0.05, 0.1) is 6.61 Å². The lowest BCUT2D eigenvalue weighted by Gasteiger charge is -2.16. The summed E-state index contributed by atoms with van der Waals surface area (Å²) in [5, 5.41) is 3.35. The molecule has 0 aliphatic carbocycles. The molecule has 2 aromatic rings. The second-order valence-corrected chi connectivity index (χ2v) is 5.15. The summed E-state index contributed by atoms with van der Waals surface area (Å²) in [7, 11) is 1.99. The summed E-state index contributed by atoms with van der Waals surface area (Å²) in [6.45, 7) is 2.86. The van der Waals surface area contributed by atoms with E-state index in [1.807, 2.05) is 43.6 Å². The number of aryl methyl sites for hydroxylation is 1. The molecular formula is C18H24N2O. The zero-order valence-electron chi connectivity index (χ0n) is 12.9. The van der Waals surface area contributed by atoms with Crippen molar-refractivity contribution in [1.82, 2.24) is 10.3 Å². The third-order valence-corrected chi connectivity index (χ3v) is 3.64. The normalized spacial score (nSPS) is 12.1. The molecule has 0 saturated heterocycles. The first-order valence-corrected chi connectivity index (χ1v) is 7.60. The van der Waals surface area contributed by atoms with Crippen molar-refractivity contribution < 1.29 is 4.74 Å². The maximum atomic E-state index is 5.75. The fourth-order valence-electron chi connectivity index (χ4n) is 2.22. The van der Waals surface area contributed by atoms with Gasteiger partial charge in [-0.15, -0.1) is 0 Å². The molecule has 112 valence electrons. The van der Waals surface area contributed by atoms with Gasteiger partial charge in [-0.3, -0.25) is 4.98 Å². The maximum Gasteiger partial charge on any atom is 0.119 e. The van der Waals surface area contributed by atoms with Gasteiger partial charge >= 0.3 is 0 Å². The van der Waals surface area contributed by atoms with Gasteiger partial charge in [0.25, 0.3) is 0 Å². The quantitative estimate of drug-likeness (QED) is 0.808. The number of aromatic nitrogens is 1. The summed E-state index contributed by atoms with van der Waals surface area (Å²) in [6.07, 6.45) is 4.90. The summed E-state index contributed by atoms with van der Waals surface area (Å²) in [4.78, 5) is 4.52. The minimum Gasteiger partial charge on any atom is -0.494 e. The van der Waals surface area contributed by atoms with E-state index in [-0.39, 0.29) is 0 Å². The number of pyridine rings is 1. The molecule has 2 rings (SSSR count). The van der Waals surface area contributed by atoms with E-state index in [1.54, 1.807) is 0 Å². The van der Waals surface area contributed by atoms with Crippen LogP contribution in [0.25, 0.3) is 0 Å². The molecule has 1 atom stereocenters. The average Bonchev–Trinajstić information content (AvgIpc) is 2.55. The van der Waals surface area contributed by atoms with Crippen LogP contribution >= 0.6 is 0 Å². The Morgan fingerprint density at radius 1 is 1.14 bits per heavy atom. The summed E-state index contributed by atoms with van der Waals surface area (Å²) < 4.78 is 5.75. The van der Waals surface area contributed by atoms with E-state index in [0.717, 1.165) is 30.7 Å². The number of likely N-dealkylation sites (N-methyl/N-ethyl adjacent to an activating group) is 1. The van der Waals surface area contributed by atoms with Gasteiger partial charge in [0.2, 0.25) is 0 Å². The fraction of sp³-hybridized carbons (Fsp3) is 0.389. The molecule has 3 nitrogen and oxygen atoms in total. The third kappa shape index (κ3) is 5.20. The highest BCUT2D eigenvalue weighted by molar-refractivity contribution is 5.20. The lowest BCUT2D eigenvalue weighted by molar-refractivity contribution is 0.288. The average molecular weight is 284 g/mol. The topological polar surface area (TPSA) is 34.1 Å². The first-order valence-electron chi connectivity index (χ1n) is 7.60. The number of hydrogen-bond acceptors (Lipinski definition) is 3. The summed E-state index contributed by atoms with van der Waals surface area (Å²) in [5.74, 6) is 0.928. The zero-order valence-corrected chi connectivity index (χ0v) is 12.9. The monoisotopic (exact) mass is 284 g/mol. The highest BCUT2D eigenvalue weighted by Crippen LogP contribution is 2.10. The molecule has 1 aromatic heterocycles. The smallest absolute Gasteiger partial charge is 0.119 e. The molecular weight excluding hydrogens is 260 g/mol. The number of hydrogen-bond donors (Lipinski definition) is 1. The Kier molecular flexibility index (Phi) is 6.22. The Balaban J connectivity index is 1.79. The van der Waals surface area contributed by atoms with E-state index in [2.05, 4.69) is 29.4 Å². The molecule has 0 radical (unpaired) electrons. The fourth-order valence-corrected chi connectivity index (χ4v) is 2.22. The Morgan fingerprint density at radius 3 is 2.57 bits per heavy atom. The molecule has 0 fully saturated rings. The van der Waals surface area contributed by atoms with E-state index in [0.29, 0.717) is 12.6 Å². The van der Waals surface area contributed by atoms with E-state index in [4.69, 9.17) is 4.74 Å². The van der Waals surface area contributed by atoms with Crippen LogP contribution in [0.3, 0.4) is 0 Å². The molecule has 1 unspecified atom stereocenters. The van der Waals surface area contributed by atoms with Crippen LogP contribution in [0.2, 0.25) is 0 Å². The number of benzene rings is 1. The Labute approximate surface area is 127 Å². The van der Waals surface area contributed by atoms with E-state index < -0.39 is 0 Å². The van der Waals surface area contributed by atoms with Crippen LogP contribution in [0.1, 0.15) is 24.6 Å². The second-order valence-electron chi connectivity index (χ2n) is 5.15. The predicted molar refractivity (Wildman–Crippen MR) is 86.7 cm³/mol. The molecule has 0 aliphatic heterocycles. The van der Waals surface area contributed by atoms with Gasteiger partial charge in [-0.1, -0.05) is 31.2 Å². The molecule has 0 bridgehead atoms. The number of para-hydroxylation sites is 1. The minimum atomic E-state index is 0.383. The SMILES string of the molecule is CCc1ccc(CC(CCOc2ccccc2)NC)nc1. The molecule has 0 amide bonds. The summed E-state index contributed by atoms with van der Waals surface area (Å²) in [5.41, 5.74) is 2.42. The van der Waals surface area contributed by atoms with Crippen LogP contribution in [-0.4, -0.2) is 24.7 Å². The number of nitrogens with zero attached hydrogens (tertiary/aromatic N) is 1. The molecule has 3 heteroatoms. The highest BCUT2D eigenvalue weighted by Gasteiger charge is 2.08. The van der Waals surface area contributed by atoms with Crippen molar-refractivity contribution >= 4 is 0 Å². The molecule has 0 aliphatic rings. The number of ether oxygens (including phenoxy) is 1. The largest absolute Gasteiger partial charge is 0.494 e. The molecule has 1 N–H and O–H groups in total. The van der Waals surface area contributed by atoms with Crippen LogP contribution in [0.4, 0.5) is 0 Å². The molecule has 0 spiro atoms. The second kappa shape index (κ2) is 8.42. The molecule has 21 heavy (non-hydrogen) atoms. The molecule has 0 saturated carbocycles. The molecule has 1 heterocycles. The number of rotatable bonds is 8. The third-order valence-electron chi connectivity index (χ3n) is 3.64. The van der Waals surface area contributed by atoms with Crippen molar-refractivity contribution in [3.63, 3.8) is 0 Å². The van der Waals surface area contributed by atoms with Gasteiger partial charge in [-0.2, -0.15) is 0 Å². The van der Waals surface area contributed by atoms with Gasteiger partial charge < -0.3 is 10.1 Å². The highest BCUT2D eigenvalue weighted by atomic mass is 16.5. The van der Waals surface area contributed by atoms with Gasteiger partial charge in [0.1, 0.15) is 5.75 Å². The standard InChI is InChI=1S/C18H24N2O/c1-3-15-9-10-17(20-14-15)13-16(19-2)11-12-21-18-7-5-4-6-8-18/h4-10,14,16,19H,3,11-13H2,1-2H3. The van der Waals surface area contributed by atoms with Crippen molar-refractivity contribution in [2.24, 2.45) is 0 Å². The summed E-state index contributed by atoms with van der Waals surface area (Å²) >= 11 is 0. The van der Waals surface area contributed by atoms with E-state index in [9.17, 15) is 0 Å². The van der Waals surface area contributed by atoms with Gasteiger partial charge in [0.15, 0.2) is 0 Å². The lowest BCUT2D eigenvalue weighted by atomic mass is 10.1.